The molecule has 0 bridgehead atoms. The zero-order valence-electron chi connectivity index (χ0n) is 9.56. The summed E-state index contributed by atoms with van der Waals surface area (Å²) < 4.78 is 12.7. The van der Waals surface area contributed by atoms with Crippen molar-refractivity contribution in [2.75, 3.05) is 5.32 Å². The van der Waals surface area contributed by atoms with E-state index in [2.05, 4.69) is 5.32 Å². The van der Waals surface area contributed by atoms with Crippen molar-refractivity contribution in [2.45, 2.75) is 6.42 Å². The van der Waals surface area contributed by atoms with E-state index in [4.69, 9.17) is 5.11 Å². The first kappa shape index (κ1) is 12.1. The predicted octanol–water partition coefficient (Wildman–Crippen LogP) is 3.20. The number of rotatable bonds is 4. The molecule has 0 amide bonds. The topological polar surface area (TPSA) is 49.3 Å². The molecule has 0 fully saturated rings. The van der Waals surface area contributed by atoms with E-state index < -0.39 is 5.97 Å². The van der Waals surface area contributed by atoms with Gasteiger partial charge in [-0.25, -0.2) is 4.39 Å². The Morgan fingerprint density at radius 3 is 2.50 bits per heavy atom. The Morgan fingerprint density at radius 1 is 1.11 bits per heavy atom. The number of hydrogen-bond acceptors (Lipinski definition) is 2. The van der Waals surface area contributed by atoms with Crippen LogP contribution in [0, 0.1) is 5.82 Å². The van der Waals surface area contributed by atoms with Gasteiger partial charge in [-0.2, -0.15) is 0 Å². The minimum absolute atomic E-state index is 0.0149. The van der Waals surface area contributed by atoms with Crippen molar-refractivity contribution in [3.8, 4) is 0 Å². The molecule has 0 aliphatic rings. The van der Waals surface area contributed by atoms with Crippen molar-refractivity contribution < 1.29 is 14.3 Å². The number of carboxylic acids is 1. The normalized spacial score (nSPS) is 10.1. The van der Waals surface area contributed by atoms with E-state index >= 15 is 0 Å². The number of hydrogen-bond donors (Lipinski definition) is 2. The SMILES string of the molecule is O=C(O)Cc1cccc(Nc2ccc(F)cc2)c1. The van der Waals surface area contributed by atoms with Gasteiger partial charge in [-0.3, -0.25) is 4.79 Å². The lowest BCUT2D eigenvalue weighted by molar-refractivity contribution is -0.136. The van der Waals surface area contributed by atoms with Gasteiger partial charge in [0.15, 0.2) is 0 Å². The van der Waals surface area contributed by atoms with Crippen LogP contribution in [0.2, 0.25) is 0 Å². The number of halogens is 1. The lowest BCUT2D eigenvalue weighted by Crippen LogP contribution is -2.00. The molecule has 0 aliphatic carbocycles. The monoisotopic (exact) mass is 245 g/mol. The number of benzene rings is 2. The quantitative estimate of drug-likeness (QED) is 0.869. The first-order chi connectivity index (χ1) is 8.63. The van der Waals surface area contributed by atoms with Gasteiger partial charge in [0.05, 0.1) is 6.42 Å². The van der Waals surface area contributed by atoms with E-state index in [1.165, 1.54) is 12.1 Å². The first-order valence-electron chi connectivity index (χ1n) is 5.47. The van der Waals surface area contributed by atoms with E-state index in [1.807, 2.05) is 6.07 Å². The fourth-order valence-electron chi connectivity index (χ4n) is 1.63. The van der Waals surface area contributed by atoms with Crippen LogP contribution in [-0.4, -0.2) is 11.1 Å². The summed E-state index contributed by atoms with van der Waals surface area (Å²) in [6.45, 7) is 0. The Morgan fingerprint density at radius 2 is 1.83 bits per heavy atom. The van der Waals surface area contributed by atoms with Crippen LogP contribution < -0.4 is 5.32 Å². The maximum absolute atomic E-state index is 12.7. The van der Waals surface area contributed by atoms with Crippen molar-refractivity contribution in [1.82, 2.24) is 0 Å². The molecule has 2 aromatic carbocycles. The van der Waals surface area contributed by atoms with Crippen LogP contribution in [0.4, 0.5) is 15.8 Å². The minimum Gasteiger partial charge on any atom is -0.481 e. The van der Waals surface area contributed by atoms with Crippen LogP contribution in [0.5, 0.6) is 0 Å². The van der Waals surface area contributed by atoms with E-state index in [-0.39, 0.29) is 12.2 Å². The zero-order valence-corrected chi connectivity index (χ0v) is 9.56. The highest BCUT2D eigenvalue weighted by Gasteiger charge is 2.01. The highest BCUT2D eigenvalue weighted by Crippen LogP contribution is 2.18. The van der Waals surface area contributed by atoms with Gasteiger partial charge in [0, 0.05) is 11.4 Å². The highest BCUT2D eigenvalue weighted by molar-refractivity contribution is 5.71. The molecule has 0 aliphatic heterocycles. The van der Waals surface area contributed by atoms with Crippen LogP contribution in [-0.2, 0) is 11.2 Å². The molecule has 0 atom stereocenters. The second-order valence-corrected chi connectivity index (χ2v) is 3.90. The van der Waals surface area contributed by atoms with Gasteiger partial charge < -0.3 is 10.4 Å². The molecule has 0 heterocycles. The van der Waals surface area contributed by atoms with Crippen LogP contribution in [0.25, 0.3) is 0 Å². The largest absolute Gasteiger partial charge is 0.481 e. The maximum atomic E-state index is 12.7. The second kappa shape index (κ2) is 5.31. The van der Waals surface area contributed by atoms with E-state index in [0.717, 1.165) is 16.9 Å². The number of anilines is 2. The Balaban J connectivity index is 2.13. The summed E-state index contributed by atoms with van der Waals surface area (Å²) in [6, 6.07) is 13.1. The van der Waals surface area contributed by atoms with Crippen LogP contribution in [0.3, 0.4) is 0 Å². The fraction of sp³-hybridized carbons (Fsp3) is 0.0714. The van der Waals surface area contributed by atoms with Gasteiger partial charge in [0.25, 0.3) is 0 Å². The molecule has 3 nitrogen and oxygen atoms in total. The van der Waals surface area contributed by atoms with E-state index in [0.29, 0.717) is 0 Å². The zero-order chi connectivity index (χ0) is 13.0. The summed E-state index contributed by atoms with van der Waals surface area (Å²) in [5, 5.41) is 11.8. The number of aliphatic carboxylic acids is 1. The van der Waals surface area contributed by atoms with Gasteiger partial charge in [-0.15, -0.1) is 0 Å². The summed E-state index contributed by atoms with van der Waals surface area (Å²) in [6.07, 6.45) is -0.0149. The average molecular weight is 245 g/mol. The molecule has 92 valence electrons. The third-order valence-corrected chi connectivity index (χ3v) is 2.42. The lowest BCUT2D eigenvalue weighted by Gasteiger charge is -2.07. The molecule has 0 spiro atoms. The van der Waals surface area contributed by atoms with E-state index in [9.17, 15) is 9.18 Å². The van der Waals surface area contributed by atoms with Gasteiger partial charge in [0.2, 0.25) is 0 Å². The van der Waals surface area contributed by atoms with Crippen molar-refractivity contribution in [3.05, 3.63) is 59.9 Å². The summed E-state index contributed by atoms with van der Waals surface area (Å²) in [7, 11) is 0. The molecule has 2 N–H and O–H groups in total. The molecule has 0 unspecified atom stereocenters. The Labute approximate surface area is 104 Å². The Kier molecular flexibility index (Phi) is 3.57. The van der Waals surface area contributed by atoms with Crippen molar-refractivity contribution in [3.63, 3.8) is 0 Å². The molecule has 0 radical (unpaired) electrons. The third kappa shape index (κ3) is 3.31. The Bertz CT molecular complexity index is 552. The van der Waals surface area contributed by atoms with Crippen LogP contribution in [0.1, 0.15) is 5.56 Å². The van der Waals surface area contributed by atoms with Crippen molar-refractivity contribution in [1.29, 1.82) is 0 Å². The number of nitrogens with one attached hydrogen (secondary N) is 1. The van der Waals surface area contributed by atoms with Crippen LogP contribution >= 0.6 is 0 Å². The molecule has 4 heteroatoms. The molecular weight excluding hydrogens is 233 g/mol. The third-order valence-electron chi connectivity index (χ3n) is 2.42. The van der Waals surface area contributed by atoms with E-state index in [1.54, 1.807) is 30.3 Å². The number of carboxylic acid groups (broad SMARTS) is 1. The number of carbonyl (C=O) groups is 1. The van der Waals surface area contributed by atoms with Crippen LogP contribution in [0.15, 0.2) is 48.5 Å². The molecule has 18 heavy (non-hydrogen) atoms. The molecule has 2 rings (SSSR count). The van der Waals surface area contributed by atoms with Gasteiger partial charge in [-0.1, -0.05) is 12.1 Å². The smallest absolute Gasteiger partial charge is 0.307 e. The predicted molar refractivity (Wildman–Crippen MR) is 67.5 cm³/mol. The Hall–Kier alpha value is -2.36. The van der Waals surface area contributed by atoms with Crippen molar-refractivity contribution in [2.24, 2.45) is 0 Å². The lowest BCUT2D eigenvalue weighted by atomic mass is 10.1. The first-order valence-corrected chi connectivity index (χ1v) is 5.47. The van der Waals surface area contributed by atoms with Gasteiger partial charge in [0.1, 0.15) is 5.82 Å². The standard InChI is InChI=1S/C14H12FNO2/c15-11-4-6-12(7-5-11)16-13-3-1-2-10(8-13)9-14(17)18/h1-8,16H,9H2,(H,17,18). The summed E-state index contributed by atoms with van der Waals surface area (Å²) in [5.74, 6) is -1.16. The maximum Gasteiger partial charge on any atom is 0.307 e. The average Bonchev–Trinajstić information content (AvgIpc) is 2.32. The molecule has 0 saturated heterocycles. The summed E-state index contributed by atoms with van der Waals surface area (Å²) >= 11 is 0. The molecular formula is C14H12FNO2. The van der Waals surface area contributed by atoms with Crippen molar-refractivity contribution >= 4 is 17.3 Å². The second-order valence-electron chi connectivity index (χ2n) is 3.90. The van der Waals surface area contributed by atoms with Gasteiger partial charge in [-0.05, 0) is 42.0 Å². The minimum atomic E-state index is -0.867. The summed E-state index contributed by atoms with van der Waals surface area (Å²) in [5.41, 5.74) is 2.25. The molecule has 0 saturated carbocycles. The fourth-order valence-corrected chi connectivity index (χ4v) is 1.63. The highest BCUT2D eigenvalue weighted by atomic mass is 19.1. The molecule has 0 aromatic heterocycles. The summed E-state index contributed by atoms with van der Waals surface area (Å²) in [4.78, 5) is 10.6. The van der Waals surface area contributed by atoms with Gasteiger partial charge >= 0.3 is 5.97 Å². The molecule has 2 aromatic rings.